The highest BCUT2D eigenvalue weighted by molar-refractivity contribution is 5.87. The smallest absolute Gasteiger partial charge is 0.407 e. The molecular formula is C93H157N5O36. The quantitative estimate of drug-likeness (QED) is 0.0167. The zero-order chi connectivity index (χ0) is 105. The number of esters is 14. The average Bonchev–Trinajstić information content (AvgIpc) is 0.940. The molecule has 0 radical (unpaired) electrons. The van der Waals surface area contributed by atoms with E-state index in [2.05, 4.69) is 72.6 Å². The summed E-state index contributed by atoms with van der Waals surface area (Å²) >= 11 is 0. The molecule has 0 heterocycles. The maximum Gasteiger partial charge on any atom is 0.407 e. The Bertz CT molecular complexity index is 3240. The van der Waals surface area contributed by atoms with Gasteiger partial charge in [-0.3, -0.25) is 48.0 Å². The number of rotatable bonds is 57. The van der Waals surface area contributed by atoms with Crippen molar-refractivity contribution in [3.63, 3.8) is 0 Å². The van der Waals surface area contributed by atoms with Gasteiger partial charge in [-0.1, -0.05) is 158 Å². The Hall–Kier alpha value is -12.0. The van der Waals surface area contributed by atoms with E-state index < -0.39 is 54.4 Å². The van der Waals surface area contributed by atoms with Gasteiger partial charge in [-0.15, -0.1) is 0 Å². The van der Waals surface area contributed by atoms with Crippen LogP contribution in [0.3, 0.4) is 0 Å². The molecule has 0 spiro atoms. The lowest BCUT2D eigenvalue weighted by atomic mass is 10.1. The van der Waals surface area contributed by atoms with E-state index in [0.717, 1.165) is 62.8 Å². The van der Waals surface area contributed by atoms with Crippen molar-refractivity contribution < 1.29 is 172 Å². The Labute approximate surface area is 792 Å². The number of methoxy groups -OCH3 is 1. The van der Waals surface area contributed by atoms with Crippen LogP contribution < -0.4 is 16.0 Å². The Morgan fingerprint density at radius 2 is 0.522 bits per heavy atom. The molecule has 134 heavy (non-hydrogen) atoms. The van der Waals surface area contributed by atoms with E-state index in [1.54, 1.807) is 62.5 Å². The fourth-order valence-electron chi connectivity index (χ4n) is 6.53. The van der Waals surface area contributed by atoms with E-state index in [9.17, 15) is 81.5 Å². The van der Waals surface area contributed by atoms with E-state index in [4.69, 9.17) is 82.9 Å². The lowest BCUT2D eigenvalue weighted by Gasteiger charge is -2.10. The predicted molar refractivity (Wildman–Crippen MR) is 492 cm³/mol. The molecule has 3 N–H and O–H groups in total. The number of nitrogens with one attached hydrogen (secondary N) is 3. The van der Waals surface area contributed by atoms with Crippen LogP contribution in [-0.4, -0.2) is 260 Å². The van der Waals surface area contributed by atoms with Crippen LogP contribution in [0, 0.1) is 71.2 Å². The van der Waals surface area contributed by atoms with Gasteiger partial charge in [0, 0.05) is 43.6 Å². The first-order valence-corrected chi connectivity index (χ1v) is 44.4. The summed E-state index contributed by atoms with van der Waals surface area (Å²) in [7, 11) is 1.58. The number of nitriles is 1. The lowest BCUT2D eigenvalue weighted by molar-refractivity contribution is -0.153. The first kappa shape index (κ1) is 140. The highest BCUT2D eigenvalue weighted by Gasteiger charge is 2.20. The minimum Gasteiger partial charge on any atom is -0.464 e. The molecule has 0 aromatic rings. The molecule has 0 aliphatic heterocycles. The minimum absolute atomic E-state index is 0.00614. The van der Waals surface area contributed by atoms with E-state index >= 15 is 0 Å². The van der Waals surface area contributed by atoms with Crippen LogP contribution in [0.5, 0.6) is 0 Å². The molecule has 770 valence electrons. The van der Waals surface area contributed by atoms with Gasteiger partial charge in [-0.25, -0.2) is 44.9 Å². The van der Waals surface area contributed by atoms with Crippen molar-refractivity contribution in [1.82, 2.24) is 16.0 Å². The van der Waals surface area contributed by atoms with Crippen molar-refractivity contribution in [3.8, 4) is 6.07 Å². The highest BCUT2D eigenvalue weighted by atomic mass is 16.6. The second-order valence-electron chi connectivity index (χ2n) is 28.0. The van der Waals surface area contributed by atoms with Crippen LogP contribution in [0.15, 0.2) is 62.8 Å². The zero-order valence-electron chi connectivity index (χ0n) is 83.3. The van der Waals surface area contributed by atoms with Crippen molar-refractivity contribution in [1.29, 1.82) is 5.26 Å². The molecule has 41 nitrogen and oxygen atoms in total. The summed E-state index contributed by atoms with van der Waals surface area (Å²) in [4.78, 5) is 190. The van der Waals surface area contributed by atoms with E-state index in [-0.39, 0.29) is 226 Å². The van der Waals surface area contributed by atoms with Crippen LogP contribution in [0.2, 0.25) is 0 Å². The van der Waals surface area contributed by atoms with Gasteiger partial charge in [0.1, 0.15) is 106 Å². The van der Waals surface area contributed by atoms with E-state index in [1.165, 1.54) is 0 Å². The van der Waals surface area contributed by atoms with Crippen molar-refractivity contribution in [3.05, 3.63) is 74.2 Å². The normalized spacial score (nSPS) is 11.8. The van der Waals surface area contributed by atoms with Crippen LogP contribution in [0.1, 0.15) is 210 Å². The Morgan fingerprint density at radius 1 is 0.313 bits per heavy atom. The molecule has 0 aliphatic carbocycles. The van der Waals surface area contributed by atoms with Gasteiger partial charge in [0.25, 0.3) is 0 Å². The third kappa shape index (κ3) is 97.5. The predicted octanol–water partition coefficient (Wildman–Crippen LogP) is 12.3. The standard InChI is InChI=1S/3C13H21NO6.C11H18O4.C10H16O4.C9H18O3.2C8H13NO2.C8H16O3/c3*1-4-10(3)12(16)19-8-9-20-13(17)14-6-7-18-11(15)5-2;1-5-9(4)11(13)15-7-6-14-10(12)8(2)3;1-4-8(3)10(12)14-7-6-13-9(11)5-2;1-4-8(3)9(10)12-7-6-11-5-2;1-5-6(2)8(10)11-7(3)9-4;1-3-7(2)8(10)11-6-4-5-9;1-4-7(2)8(9)11-6-5-10-3/h3*5,10H,2,4,6-9H2,1,3H3,(H,14,17);9H,2,5-7H2,1,3-4H3;5,8H,2,4,6-7H2,1,3H3;8H,4-7H2,1-3H3;6-7H,5H2,1-3H3;7H,3-4,6H2,1-2H3;7H,4-6H2,1-3H3. The minimum atomic E-state index is -0.667. The molecule has 0 bridgehead atoms. The third-order valence-electron chi connectivity index (χ3n) is 16.9. The number of alkyl carbamates (subject to hydrolysis) is 3. The lowest BCUT2D eigenvalue weighted by Crippen LogP contribution is -2.29. The second-order valence-corrected chi connectivity index (χ2v) is 28.0. The molecule has 0 aliphatic rings. The van der Waals surface area contributed by atoms with Crippen LogP contribution >= 0.6 is 0 Å². The molecule has 41 heteroatoms. The molecule has 10 atom stereocenters. The fourth-order valence-corrected chi connectivity index (χ4v) is 6.53. The van der Waals surface area contributed by atoms with Gasteiger partial charge < -0.3 is 106 Å². The molecule has 0 saturated carbocycles. The van der Waals surface area contributed by atoms with Crippen LogP contribution in [-0.2, 0) is 157 Å². The highest BCUT2D eigenvalue weighted by Crippen LogP contribution is 2.11. The molecule has 0 fully saturated rings. The Kier molecular flexibility index (Phi) is 104. The first-order valence-electron chi connectivity index (χ1n) is 44.4. The Balaban J connectivity index is -0.000000189. The number of nitrogens with zero attached hydrogens (tertiary/aromatic N) is 2. The van der Waals surface area contributed by atoms with Crippen molar-refractivity contribution in [2.45, 2.75) is 216 Å². The van der Waals surface area contributed by atoms with Crippen molar-refractivity contribution >= 4 is 102 Å². The van der Waals surface area contributed by atoms with E-state index in [1.807, 2.05) is 96.1 Å². The summed E-state index contributed by atoms with van der Waals surface area (Å²) in [6.07, 6.45) is 8.56. The summed E-state index contributed by atoms with van der Waals surface area (Å²) in [5.41, 5.74) is 0.336. The van der Waals surface area contributed by atoms with Gasteiger partial charge in [-0.2, -0.15) is 5.26 Å². The summed E-state index contributed by atoms with van der Waals surface area (Å²) in [6.45, 7) is 64.8. The summed E-state index contributed by atoms with van der Waals surface area (Å²) in [5.74, 6) is -5.70. The number of carbonyl (C=O) groups excluding carboxylic acids is 17. The number of amides is 3. The van der Waals surface area contributed by atoms with Crippen molar-refractivity contribution in [2.24, 2.45) is 53.3 Å². The van der Waals surface area contributed by atoms with Gasteiger partial charge in [-0.05, 0) is 71.6 Å². The van der Waals surface area contributed by atoms with Gasteiger partial charge >= 0.3 is 108 Å². The fraction of sp³-hybridized carbons (Fsp3) is 0.688. The molecule has 0 aromatic carbocycles. The number of hydrogen-bond acceptors (Lipinski definition) is 37. The van der Waals surface area contributed by atoms with Crippen LogP contribution in [0.25, 0.3) is 4.85 Å². The monoisotopic (exact) mass is 1920 g/mol. The molecular weight excluding hydrogens is 1760 g/mol. The molecule has 3 amide bonds. The SMILES string of the molecule is C=C(C)C(=O)OCCOC(=O)C(C)CC.C=CC(=O)OCCNC(=O)OCCOC(=O)C(C)CC.C=CC(=O)OCCNC(=O)OCCOC(=O)C(C)CC.C=CC(=O)OCCNC(=O)OCCOC(=O)C(C)CC.C=CC(=O)OCCOC(=O)C(C)CC.CCC(C)C(=O)OCCC#N.CCC(C)C(=O)OCCOC.CCOCCOC(=O)C(C)CC.[C-]#[N+]C(C)OC(=O)C(C)CC. The number of carbonyl (C=O) groups is 17. The summed E-state index contributed by atoms with van der Waals surface area (Å²) in [6, 6.07) is 1.90. The first-order chi connectivity index (χ1) is 63.4. The zero-order valence-corrected chi connectivity index (χ0v) is 83.3. The third-order valence-corrected chi connectivity index (χ3v) is 16.9. The largest absolute Gasteiger partial charge is 0.464 e. The molecule has 0 saturated heterocycles. The molecule has 0 aromatic heterocycles. The van der Waals surface area contributed by atoms with Crippen molar-refractivity contribution in [2.75, 3.05) is 152 Å². The summed E-state index contributed by atoms with van der Waals surface area (Å²) < 4.78 is 91.0. The molecule has 0 rings (SSSR count). The maximum absolute atomic E-state index is 11.3. The second kappa shape index (κ2) is 100.0. The van der Waals surface area contributed by atoms with Gasteiger partial charge in [0.05, 0.1) is 106 Å². The van der Waals surface area contributed by atoms with Gasteiger partial charge in [0.2, 0.25) is 0 Å². The number of hydrogen-bond donors (Lipinski definition) is 3. The van der Waals surface area contributed by atoms with Crippen LogP contribution in [0.4, 0.5) is 14.4 Å². The topological polar surface area (TPSA) is 530 Å². The Morgan fingerprint density at radius 3 is 0.739 bits per heavy atom. The maximum atomic E-state index is 11.3. The number of ether oxygens (including phenoxy) is 19. The van der Waals surface area contributed by atoms with E-state index in [0.29, 0.717) is 57.9 Å². The van der Waals surface area contributed by atoms with Gasteiger partial charge in [0.15, 0.2) is 0 Å². The average molecular weight is 1920 g/mol. The molecule has 10 unspecified atom stereocenters. The summed E-state index contributed by atoms with van der Waals surface area (Å²) in [5, 5.41) is 15.2.